The number of rotatable bonds is 5. The molecule has 21 heavy (non-hydrogen) atoms. The third-order valence-corrected chi connectivity index (χ3v) is 3.08. The van der Waals surface area contributed by atoms with Crippen molar-refractivity contribution in [1.82, 2.24) is 4.98 Å². The van der Waals surface area contributed by atoms with E-state index in [4.69, 9.17) is 11.6 Å². The number of nitrogens with one attached hydrogen (secondary N) is 2. The van der Waals surface area contributed by atoms with E-state index in [1.54, 1.807) is 0 Å². The van der Waals surface area contributed by atoms with Crippen molar-refractivity contribution in [2.75, 3.05) is 17.2 Å². The van der Waals surface area contributed by atoms with Crippen LogP contribution in [0.25, 0.3) is 0 Å². The first kappa shape index (κ1) is 15.1. The molecule has 0 aliphatic carbocycles. The Morgan fingerprint density at radius 1 is 1.29 bits per heavy atom. The van der Waals surface area contributed by atoms with Crippen molar-refractivity contribution in [2.45, 2.75) is 13.8 Å². The fourth-order valence-corrected chi connectivity index (χ4v) is 2.10. The van der Waals surface area contributed by atoms with Crippen molar-refractivity contribution in [3.05, 3.63) is 51.0 Å². The molecule has 110 valence electrons. The Bertz CT molecular complexity index is 676. The predicted molar refractivity (Wildman–Crippen MR) is 84.5 cm³/mol. The van der Waals surface area contributed by atoms with Crippen LogP contribution in [0.1, 0.15) is 12.5 Å². The van der Waals surface area contributed by atoms with Gasteiger partial charge in [0.25, 0.3) is 5.69 Å². The highest BCUT2D eigenvalue weighted by Crippen LogP contribution is 2.28. The molecule has 0 saturated heterocycles. The largest absolute Gasteiger partial charge is 0.370 e. The van der Waals surface area contributed by atoms with Crippen molar-refractivity contribution in [2.24, 2.45) is 0 Å². The van der Waals surface area contributed by atoms with Gasteiger partial charge in [0.15, 0.2) is 0 Å². The number of anilines is 3. The van der Waals surface area contributed by atoms with Gasteiger partial charge in [0.1, 0.15) is 11.6 Å². The van der Waals surface area contributed by atoms with Crippen LogP contribution in [0.4, 0.5) is 23.0 Å². The van der Waals surface area contributed by atoms with Crippen molar-refractivity contribution in [3.8, 4) is 0 Å². The summed E-state index contributed by atoms with van der Waals surface area (Å²) in [5, 5.41) is 17.5. The molecule has 7 heteroatoms. The smallest absolute Gasteiger partial charge is 0.276 e. The molecule has 0 aliphatic heterocycles. The zero-order chi connectivity index (χ0) is 15.4. The van der Waals surface area contributed by atoms with E-state index in [9.17, 15) is 10.1 Å². The van der Waals surface area contributed by atoms with Gasteiger partial charge in [-0.1, -0.05) is 17.7 Å². The summed E-state index contributed by atoms with van der Waals surface area (Å²) in [4.78, 5) is 14.8. The van der Waals surface area contributed by atoms with Gasteiger partial charge >= 0.3 is 0 Å². The van der Waals surface area contributed by atoms with E-state index in [2.05, 4.69) is 15.6 Å². The minimum atomic E-state index is -0.454. The molecule has 0 radical (unpaired) electrons. The number of aromatic nitrogens is 1. The van der Waals surface area contributed by atoms with Gasteiger partial charge in [0.05, 0.1) is 27.8 Å². The van der Waals surface area contributed by atoms with E-state index in [-0.39, 0.29) is 5.69 Å². The van der Waals surface area contributed by atoms with E-state index in [1.165, 1.54) is 12.1 Å². The minimum absolute atomic E-state index is 0.0355. The Hall–Kier alpha value is -2.34. The van der Waals surface area contributed by atoms with Crippen LogP contribution in [-0.2, 0) is 0 Å². The van der Waals surface area contributed by atoms with Gasteiger partial charge < -0.3 is 10.6 Å². The van der Waals surface area contributed by atoms with Crippen LogP contribution in [0, 0.1) is 17.0 Å². The molecule has 0 aliphatic rings. The Morgan fingerprint density at radius 3 is 2.62 bits per heavy atom. The average Bonchev–Trinajstić information content (AvgIpc) is 2.42. The first-order chi connectivity index (χ1) is 9.99. The normalized spacial score (nSPS) is 10.2. The maximum absolute atomic E-state index is 11.0. The number of hydrogen-bond acceptors (Lipinski definition) is 5. The standard InChI is InChI=1S/C14H15ClN4O2/c1-3-16-13-7-10(19(20)21)8-14(18-13)17-12-5-4-9(2)6-11(12)15/h4-8H,3H2,1-2H3,(H2,16,17,18). The van der Waals surface area contributed by atoms with E-state index in [0.29, 0.717) is 28.9 Å². The first-order valence-corrected chi connectivity index (χ1v) is 6.81. The van der Waals surface area contributed by atoms with Crippen molar-refractivity contribution in [1.29, 1.82) is 0 Å². The van der Waals surface area contributed by atoms with Gasteiger partial charge in [-0.3, -0.25) is 10.1 Å². The molecule has 1 aromatic carbocycles. The summed E-state index contributed by atoms with van der Waals surface area (Å²) >= 11 is 6.14. The molecule has 6 nitrogen and oxygen atoms in total. The zero-order valence-corrected chi connectivity index (χ0v) is 12.4. The van der Waals surface area contributed by atoms with Gasteiger partial charge in [-0.15, -0.1) is 0 Å². The van der Waals surface area contributed by atoms with E-state index < -0.39 is 4.92 Å². The van der Waals surface area contributed by atoms with Gasteiger partial charge in [-0.05, 0) is 31.5 Å². The fourth-order valence-electron chi connectivity index (χ4n) is 1.82. The second kappa shape index (κ2) is 6.41. The van der Waals surface area contributed by atoms with Gasteiger partial charge in [0, 0.05) is 6.54 Å². The van der Waals surface area contributed by atoms with Crippen molar-refractivity contribution < 1.29 is 4.92 Å². The zero-order valence-electron chi connectivity index (χ0n) is 11.7. The third kappa shape index (κ3) is 3.82. The van der Waals surface area contributed by atoms with Crippen LogP contribution in [0.3, 0.4) is 0 Å². The van der Waals surface area contributed by atoms with Crippen LogP contribution in [0.2, 0.25) is 5.02 Å². The molecular weight excluding hydrogens is 292 g/mol. The van der Waals surface area contributed by atoms with Crippen LogP contribution in [-0.4, -0.2) is 16.5 Å². The lowest BCUT2D eigenvalue weighted by molar-refractivity contribution is -0.384. The quantitative estimate of drug-likeness (QED) is 0.641. The van der Waals surface area contributed by atoms with Crippen molar-refractivity contribution in [3.63, 3.8) is 0 Å². The minimum Gasteiger partial charge on any atom is -0.370 e. The molecule has 0 spiro atoms. The molecule has 2 aromatic rings. The molecule has 0 fully saturated rings. The molecule has 0 bridgehead atoms. The second-order valence-corrected chi connectivity index (χ2v) is 4.90. The average molecular weight is 307 g/mol. The monoisotopic (exact) mass is 306 g/mol. The van der Waals surface area contributed by atoms with Crippen LogP contribution in [0.15, 0.2) is 30.3 Å². The second-order valence-electron chi connectivity index (χ2n) is 4.49. The molecule has 2 rings (SSSR count). The summed E-state index contributed by atoms with van der Waals surface area (Å²) in [7, 11) is 0. The van der Waals surface area contributed by atoms with E-state index in [1.807, 2.05) is 32.0 Å². The third-order valence-electron chi connectivity index (χ3n) is 2.77. The molecule has 0 atom stereocenters. The fraction of sp³-hybridized carbons (Fsp3) is 0.214. The Labute approximate surface area is 127 Å². The Morgan fingerprint density at radius 2 is 2.00 bits per heavy atom. The Kier molecular flexibility index (Phi) is 4.59. The highest BCUT2D eigenvalue weighted by atomic mass is 35.5. The highest BCUT2D eigenvalue weighted by molar-refractivity contribution is 6.33. The summed E-state index contributed by atoms with van der Waals surface area (Å²) in [6.45, 7) is 4.45. The van der Waals surface area contributed by atoms with Gasteiger partial charge in [0.2, 0.25) is 0 Å². The summed E-state index contributed by atoms with van der Waals surface area (Å²) in [6.07, 6.45) is 0. The highest BCUT2D eigenvalue weighted by Gasteiger charge is 2.12. The maximum Gasteiger partial charge on any atom is 0.276 e. The topological polar surface area (TPSA) is 80.1 Å². The van der Waals surface area contributed by atoms with E-state index >= 15 is 0 Å². The number of nitro groups is 1. The number of nitrogens with zero attached hydrogens (tertiary/aromatic N) is 2. The lowest BCUT2D eigenvalue weighted by atomic mass is 10.2. The van der Waals surface area contributed by atoms with Crippen LogP contribution in [0.5, 0.6) is 0 Å². The number of benzene rings is 1. The van der Waals surface area contributed by atoms with E-state index in [0.717, 1.165) is 5.56 Å². The molecule has 0 unspecified atom stereocenters. The van der Waals surface area contributed by atoms with Gasteiger partial charge in [-0.25, -0.2) is 4.98 Å². The van der Waals surface area contributed by atoms with Gasteiger partial charge in [-0.2, -0.15) is 0 Å². The SMILES string of the molecule is CCNc1cc([N+](=O)[O-])cc(Nc2ccc(C)cc2Cl)n1. The van der Waals surface area contributed by atoms with Crippen molar-refractivity contribution >= 4 is 34.6 Å². The lowest BCUT2D eigenvalue weighted by Crippen LogP contribution is -2.03. The molecular formula is C14H15ClN4O2. The number of halogens is 1. The molecule has 0 saturated carbocycles. The maximum atomic E-state index is 11.0. The molecule has 2 N–H and O–H groups in total. The summed E-state index contributed by atoms with van der Waals surface area (Å²) < 4.78 is 0. The number of aryl methyl sites for hydroxylation is 1. The summed E-state index contributed by atoms with van der Waals surface area (Å²) in [6, 6.07) is 8.29. The Balaban J connectivity index is 2.36. The predicted octanol–water partition coefficient (Wildman–Crippen LogP) is 4.13. The molecule has 1 aromatic heterocycles. The molecule has 1 heterocycles. The van der Waals surface area contributed by atoms with Crippen LogP contribution < -0.4 is 10.6 Å². The number of hydrogen-bond donors (Lipinski definition) is 2. The summed E-state index contributed by atoms with van der Waals surface area (Å²) in [5.41, 5.74) is 1.65. The first-order valence-electron chi connectivity index (χ1n) is 6.43. The molecule has 0 amide bonds. The van der Waals surface area contributed by atoms with Crippen LogP contribution >= 0.6 is 11.6 Å². The lowest BCUT2D eigenvalue weighted by Gasteiger charge is -2.10. The summed E-state index contributed by atoms with van der Waals surface area (Å²) in [5.74, 6) is 0.809. The number of pyridine rings is 1.